The third-order valence-electron chi connectivity index (χ3n) is 2.64. The number of rotatable bonds is 8. The lowest BCUT2D eigenvalue weighted by Gasteiger charge is -2.24. The second-order valence-electron chi connectivity index (χ2n) is 4.44. The fraction of sp³-hybridized carbons (Fsp3) is 0.917. The van der Waals surface area contributed by atoms with Gasteiger partial charge in [0.2, 0.25) is 0 Å². The molecule has 96 valence electrons. The number of hydrogen-bond donors (Lipinski definition) is 1. The molecule has 0 aliphatic heterocycles. The molecule has 0 aromatic heterocycles. The SMILES string of the molecule is CCN(CCC(NC)C(=O)OC)CC(C)C. The van der Waals surface area contributed by atoms with Gasteiger partial charge < -0.3 is 15.0 Å². The number of nitrogens with one attached hydrogen (secondary N) is 1. The molecular formula is C12H26N2O2. The van der Waals surface area contributed by atoms with Crippen molar-refractivity contribution < 1.29 is 9.53 Å². The number of likely N-dealkylation sites (N-methyl/N-ethyl adjacent to an activating group) is 1. The van der Waals surface area contributed by atoms with Crippen molar-refractivity contribution in [1.82, 2.24) is 10.2 Å². The Morgan fingerprint density at radius 3 is 2.44 bits per heavy atom. The number of hydrogen-bond acceptors (Lipinski definition) is 4. The van der Waals surface area contributed by atoms with E-state index >= 15 is 0 Å². The number of methoxy groups -OCH3 is 1. The van der Waals surface area contributed by atoms with Gasteiger partial charge >= 0.3 is 5.97 Å². The predicted octanol–water partition coefficient (Wildman–Crippen LogP) is 1.12. The first kappa shape index (κ1) is 15.4. The molecule has 1 atom stereocenters. The Morgan fingerprint density at radius 1 is 1.44 bits per heavy atom. The molecule has 16 heavy (non-hydrogen) atoms. The summed E-state index contributed by atoms with van der Waals surface area (Å²) >= 11 is 0. The van der Waals surface area contributed by atoms with E-state index in [0.29, 0.717) is 5.92 Å². The summed E-state index contributed by atoms with van der Waals surface area (Å²) in [6, 6.07) is -0.189. The largest absolute Gasteiger partial charge is 0.468 e. The lowest BCUT2D eigenvalue weighted by Crippen LogP contribution is -2.39. The smallest absolute Gasteiger partial charge is 0.322 e. The summed E-state index contributed by atoms with van der Waals surface area (Å²) in [4.78, 5) is 13.7. The monoisotopic (exact) mass is 230 g/mol. The van der Waals surface area contributed by atoms with E-state index in [1.165, 1.54) is 7.11 Å². The Morgan fingerprint density at radius 2 is 2.06 bits per heavy atom. The van der Waals surface area contributed by atoms with Crippen LogP contribution in [-0.2, 0) is 9.53 Å². The molecule has 0 heterocycles. The molecule has 0 saturated carbocycles. The molecule has 0 fully saturated rings. The van der Waals surface area contributed by atoms with Gasteiger partial charge in [0.15, 0.2) is 0 Å². The minimum atomic E-state index is -0.189. The van der Waals surface area contributed by atoms with Gasteiger partial charge in [-0.2, -0.15) is 0 Å². The van der Waals surface area contributed by atoms with Crippen LogP contribution < -0.4 is 5.32 Å². The molecule has 0 saturated heterocycles. The van der Waals surface area contributed by atoms with Crippen LogP contribution in [0.1, 0.15) is 27.2 Å². The zero-order valence-corrected chi connectivity index (χ0v) is 11.2. The molecule has 4 nitrogen and oxygen atoms in total. The van der Waals surface area contributed by atoms with Gasteiger partial charge in [-0.05, 0) is 25.9 Å². The van der Waals surface area contributed by atoms with Crippen LogP contribution in [0.4, 0.5) is 0 Å². The summed E-state index contributed by atoms with van der Waals surface area (Å²) in [6.07, 6.45) is 0.795. The molecule has 0 aromatic rings. The van der Waals surface area contributed by atoms with Crippen molar-refractivity contribution in [2.24, 2.45) is 5.92 Å². The number of nitrogens with zero attached hydrogens (tertiary/aromatic N) is 1. The Balaban J connectivity index is 4.02. The molecule has 0 rings (SSSR count). The van der Waals surface area contributed by atoms with Crippen LogP contribution in [0.25, 0.3) is 0 Å². The van der Waals surface area contributed by atoms with Gasteiger partial charge in [-0.3, -0.25) is 4.79 Å². The van der Waals surface area contributed by atoms with E-state index in [-0.39, 0.29) is 12.0 Å². The van der Waals surface area contributed by atoms with E-state index < -0.39 is 0 Å². The topological polar surface area (TPSA) is 41.6 Å². The van der Waals surface area contributed by atoms with Crippen LogP contribution in [0.3, 0.4) is 0 Å². The van der Waals surface area contributed by atoms with Crippen molar-refractivity contribution in [3.8, 4) is 0 Å². The minimum Gasteiger partial charge on any atom is -0.468 e. The number of carbonyl (C=O) groups excluding carboxylic acids is 1. The molecule has 0 aliphatic carbocycles. The molecule has 1 N–H and O–H groups in total. The zero-order chi connectivity index (χ0) is 12.6. The van der Waals surface area contributed by atoms with Crippen molar-refractivity contribution in [2.45, 2.75) is 33.2 Å². The van der Waals surface area contributed by atoms with Crippen molar-refractivity contribution in [3.63, 3.8) is 0 Å². The highest BCUT2D eigenvalue weighted by molar-refractivity contribution is 5.75. The molecule has 4 heteroatoms. The van der Waals surface area contributed by atoms with Gasteiger partial charge in [0.25, 0.3) is 0 Å². The lowest BCUT2D eigenvalue weighted by molar-refractivity contribution is -0.143. The van der Waals surface area contributed by atoms with E-state index in [0.717, 1.165) is 26.1 Å². The van der Waals surface area contributed by atoms with Crippen molar-refractivity contribution in [2.75, 3.05) is 33.8 Å². The summed E-state index contributed by atoms with van der Waals surface area (Å²) in [5.41, 5.74) is 0. The van der Waals surface area contributed by atoms with Crippen molar-refractivity contribution >= 4 is 5.97 Å². The predicted molar refractivity (Wildman–Crippen MR) is 66.4 cm³/mol. The first-order chi connectivity index (χ1) is 7.54. The van der Waals surface area contributed by atoms with E-state index in [1.54, 1.807) is 7.05 Å². The highest BCUT2D eigenvalue weighted by Gasteiger charge is 2.17. The van der Waals surface area contributed by atoms with Crippen LogP contribution in [0.15, 0.2) is 0 Å². The Kier molecular flexibility index (Phi) is 8.21. The van der Waals surface area contributed by atoms with Crippen molar-refractivity contribution in [1.29, 1.82) is 0 Å². The number of esters is 1. The van der Waals surface area contributed by atoms with Gasteiger partial charge in [-0.1, -0.05) is 20.8 Å². The van der Waals surface area contributed by atoms with E-state index in [1.807, 2.05) is 0 Å². The van der Waals surface area contributed by atoms with Crippen LogP contribution in [-0.4, -0.2) is 50.7 Å². The molecule has 0 aliphatic rings. The van der Waals surface area contributed by atoms with Crippen LogP contribution in [0.2, 0.25) is 0 Å². The third-order valence-corrected chi connectivity index (χ3v) is 2.64. The maximum absolute atomic E-state index is 11.4. The average Bonchev–Trinajstić information content (AvgIpc) is 2.27. The summed E-state index contributed by atoms with van der Waals surface area (Å²) in [5, 5.41) is 2.98. The highest BCUT2D eigenvalue weighted by Crippen LogP contribution is 2.02. The van der Waals surface area contributed by atoms with Crippen LogP contribution in [0.5, 0.6) is 0 Å². The average molecular weight is 230 g/mol. The van der Waals surface area contributed by atoms with E-state index in [2.05, 4.69) is 31.0 Å². The molecule has 0 radical (unpaired) electrons. The summed E-state index contributed by atoms with van der Waals surface area (Å²) in [7, 11) is 3.22. The molecule has 0 aromatic carbocycles. The first-order valence-corrected chi connectivity index (χ1v) is 6.02. The van der Waals surface area contributed by atoms with Gasteiger partial charge in [0.1, 0.15) is 6.04 Å². The normalized spacial score (nSPS) is 13.2. The maximum Gasteiger partial charge on any atom is 0.322 e. The Bertz CT molecular complexity index is 195. The molecule has 0 spiro atoms. The van der Waals surface area contributed by atoms with Crippen molar-refractivity contribution in [3.05, 3.63) is 0 Å². The molecule has 1 unspecified atom stereocenters. The summed E-state index contributed by atoms with van der Waals surface area (Å²) < 4.78 is 4.73. The molecule has 0 amide bonds. The highest BCUT2D eigenvalue weighted by atomic mass is 16.5. The fourth-order valence-electron chi connectivity index (χ4n) is 1.73. The summed E-state index contributed by atoms with van der Waals surface area (Å²) in [6.45, 7) is 9.59. The maximum atomic E-state index is 11.4. The zero-order valence-electron chi connectivity index (χ0n) is 11.2. The second kappa shape index (κ2) is 8.53. The van der Waals surface area contributed by atoms with Gasteiger partial charge in [0.05, 0.1) is 7.11 Å². The lowest BCUT2D eigenvalue weighted by atomic mass is 10.1. The van der Waals surface area contributed by atoms with E-state index in [9.17, 15) is 4.79 Å². The fourth-order valence-corrected chi connectivity index (χ4v) is 1.73. The summed E-state index contributed by atoms with van der Waals surface area (Å²) in [5.74, 6) is 0.481. The Labute approximate surface area is 99.3 Å². The van der Waals surface area contributed by atoms with Crippen LogP contribution in [0, 0.1) is 5.92 Å². The number of carbonyl (C=O) groups is 1. The second-order valence-corrected chi connectivity index (χ2v) is 4.44. The Hall–Kier alpha value is -0.610. The van der Waals surface area contributed by atoms with Gasteiger partial charge in [-0.15, -0.1) is 0 Å². The number of ether oxygens (including phenoxy) is 1. The molecular weight excluding hydrogens is 204 g/mol. The van der Waals surface area contributed by atoms with Crippen LogP contribution >= 0.6 is 0 Å². The molecule has 0 bridgehead atoms. The van der Waals surface area contributed by atoms with Gasteiger partial charge in [0, 0.05) is 13.1 Å². The first-order valence-electron chi connectivity index (χ1n) is 6.02. The standard InChI is InChI=1S/C12H26N2O2/c1-6-14(9-10(2)3)8-7-11(13-4)12(15)16-5/h10-11,13H,6-9H2,1-5H3. The van der Waals surface area contributed by atoms with E-state index in [4.69, 9.17) is 4.74 Å². The minimum absolute atomic E-state index is 0.178. The van der Waals surface area contributed by atoms with Gasteiger partial charge in [-0.25, -0.2) is 0 Å². The third kappa shape index (κ3) is 6.08. The quantitative estimate of drug-likeness (QED) is 0.634.